The summed E-state index contributed by atoms with van der Waals surface area (Å²) >= 11 is 0. The summed E-state index contributed by atoms with van der Waals surface area (Å²) in [5.74, 6) is -0.238. The minimum Gasteiger partial charge on any atom is -0.506 e. The van der Waals surface area contributed by atoms with Crippen LogP contribution in [0.4, 0.5) is 11.4 Å². The van der Waals surface area contributed by atoms with Crippen LogP contribution >= 0.6 is 0 Å². The first-order valence-electron chi connectivity index (χ1n) is 7.16. The number of ether oxygens (including phenoxy) is 3. The molecule has 3 rings (SSSR count). The summed E-state index contributed by atoms with van der Waals surface area (Å²) in [6.07, 6.45) is -0.935. The fourth-order valence-electron chi connectivity index (χ4n) is 2.60. The van der Waals surface area contributed by atoms with Crippen LogP contribution in [0.5, 0.6) is 17.2 Å². The number of cyclic esters (lactones) is 1. The fraction of sp³-hybridized carbons (Fsp3) is 0.188. The molecule has 0 aromatic heterocycles. The van der Waals surface area contributed by atoms with Gasteiger partial charge in [0.05, 0.1) is 24.8 Å². The van der Waals surface area contributed by atoms with Gasteiger partial charge in [0.15, 0.2) is 11.5 Å². The zero-order chi connectivity index (χ0) is 18.1. The Labute approximate surface area is 141 Å². The van der Waals surface area contributed by atoms with Crippen LogP contribution in [0.2, 0.25) is 0 Å². The number of nitro benzene ring substituents is 1. The molecule has 0 unspecified atom stereocenters. The average molecular weight is 346 g/mol. The van der Waals surface area contributed by atoms with Gasteiger partial charge < -0.3 is 24.6 Å². The molecule has 0 amide bonds. The SMILES string of the molecule is COc1ccc2c(c1OC)C(=O)O[C@H]2Nc1cc([N+](=O)[O-])ccc1O. The van der Waals surface area contributed by atoms with Crippen molar-refractivity contribution in [3.63, 3.8) is 0 Å². The highest BCUT2D eigenvalue weighted by molar-refractivity contribution is 5.98. The topological polar surface area (TPSA) is 120 Å². The second kappa shape index (κ2) is 6.19. The smallest absolute Gasteiger partial charge is 0.344 e. The number of nitrogens with zero attached hydrogens (tertiary/aromatic N) is 1. The molecule has 2 aromatic rings. The van der Waals surface area contributed by atoms with Crippen molar-refractivity contribution in [2.75, 3.05) is 19.5 Å². The number of fused-ring (bicyclic) bond motifs is 1. The van der Waals surface area contributed by atoms with Crippen molar-refractivity contribution in [2.45, 2.75) is 6.23 Å². The third-order valence-corrected chi connectivity index (χ3v) is 3.77. The highest BCUT2D eigenvalue weighted by Crippen LogP contribution is 2.43. The van der Waals surface area contributed by atoms with E-state index in [1.165, 1.54) is 26.4 Å². The normalized spacial score (nSPS) is 15.3. The van der Waals surface area contributed by atoms with Crippen LogP contribution in [0, 0.1) is 10.1 Å². The summed E-state index contributed by atoms with van der Waals surface area (Å²) in [6, 6.07) is 6.74. The van der Waals surface area contributed by atoms with Crippen LogP contribution in [0.25, 0.3) is 0 Å². The molecule has 25 heavy (non-hydrogen) atoms. The molecule has 9 nitrogen and oxygen atoms in total. The maximum atomic E-state index is 12.2. The molecule has 0 saturated carbocycles. The second-order valence-corrected chi connectivity index (χ2v) is 5.15. The van der Waals surface area contributed by atoms with Crippen molar-refractivity contribution in [1.29, 1.82) is 0 Å². The Balaban J connectivity index is 2.00. The molecule has 2 aromatic carbocycles. The lowest BCUT2D eigenvalue weighted by atomic mass is 10.1. The molecule has 0 fully saturated rings. The van der Waals surface area contributed by atoms with Crippen molar-refractivity contribution in [2.24, 2.45) is 0 Å². The number of aromatic hydroxyl groups is 1. The molecule has 1 atom stereocenters. The van der Waals surface area contributed by atoms with Gasteiger partial charge in [0.25, 0.3) is 5.69 Å². The lowest BCUT2D eigenvalue weighted by Gasteiger charge is -2.15. The number of benzene rings is 2. The third kappa shape index (κ3) is 2.75. The Morgan fingerprint density at radius 2 is 2.00 bits per heavy atom. The number of nitro groups is 1. The first-order chi connectivity index (χ1) is 12.0. The number of nitrogens with one attached hydrogen (secondary N) is 1. The minimum atomic E-state index is -0.935. The van der Waals surface area contributed by atoms with Crippen molar-refractivity contribution in [3.05, 3.63) is 51.6 Å². The second-order valence-electron chi connectivity index (χ2n) is 5.15. The molecule has 1 aliphatic heterocycles. The van der Waals surface area contributed by atoms with Crippen molar-refractivity contribution >= 4 is 17.3 Å². The average Bonchev–Trinajstić information content (AvgIpc) is 2.91. The number of methoxy groups -OCH3 is 2. The third-order valence-electron chi connectivity index (χ3n) is 3.77. The molecule has 130 valence electrons. The van der Waals surface area contributed by atoms with Crippen LogP contribution in [0.15, 0.2) is 30.3 Å². The molecular weight excluding hydrogens is 332 g/mol. The van der Waals surface area contributed by atoms with Gasteiger partial charge in [-0.1, -0.05) is 0 Å². The number of hydrogen-bond acceptors (Lipinski definition) is 8. The maximum Gasteiger partial charge on any atom is 0.344 e. The van der Waals surface area contributed by atoms with E-state index in [2.05, 4.69) is 5.32 Å². The standard InChI is InChI=1S/C16H14N2O7/c1-23-12-6-4-9-13(14(12)24-2)16(20)25-15(9)17-10-7-8(18(21)22)3-5-11(10)19/h3-7,15,17,19H,1-2H3/t15-/m1/s1. The first kappa shape index (κ1) is 16.4. The zero-order valence-corrected chi connectivity index (χ0v) is 13.3. The van der Waals surface area contributed by atoms with E-state index >= 15 is 0 Å². The number of esters is 1. The number of carbonyl (C=O) groups excluding carboxylic acids is 1. The predicted octanol–water partition coefficient (Wildman–Crippen LogP) is 2.60. The molecule has 0 spiro atoms. The number of rotatable bonds is 5. The van der Waals surface area contributed by atoms with Crippen LogP contribution in [-0.4, -0.2) is 30.2 Å². The Morgan fingerprint density at radius 1 is 1.24 bits per heavy atom. The number of phenolic OH excluding ortho intramolecular Hbond substituents is 1. The summed E-state index contributed by atoms with van der Waals surface area (Å²) in [6.45, 7) is 0. The Kier molecular flexibility index (Phi) is 4.05. The molecule has 0 radical (unpaired) electrons. The van der Waals surface area contributed by atoms with Crippen LogP contribution in [0.1, 0.15) is 22.1 Å². The van der Waals surface area contributed by atoms with E-state index in [0.29, 0.717) is 11.3 Å². The molecular formula is C16H14N2O7. The van der Waals surface area contributed by atoms with E-state index in [1.807, 2.05) is 0 Å². The van der Waals surface area contributed by atoms with E-state index in [1.54, 1.807) is 12.1 Å². The number of carbonyl (C=O) groups is 1. The Bertz CT molecular complexity index is 866. The monoisotopic (exact) mass is 346 g/mol. The number of phenols is 1. The van der Waals surface area contributed by atoms with Gasteiger partial charge in [-0.05, 0) is 18.2 Å². The first-order valence-corrected chi connectivity index (χ1v) is 7.16. The molecule has 2 N–H and O–H groups in total. The van der Waals surface area contributed by atoms with Gasteiger partial charge >= 0.3 is 5.97 Å². The Morgan fingerprint density at radius 3 is 2.64 bits per heavy atom. The van der Waals surface area contributed by atoms with Crippen LogP contribution < -0.4 is 14.8 Å². The van der Waals surface area contributed by atoms with E-state index in [-0.39, 0.29) is 28.4 Å². The summed E-state index contributed by atoms with van der Waals surface area (Å²) in [7, 11) is 2.85. The summed E-state index contributed by atoms with van der Waals surface area (Å²) < 4.78 is 15.7. The molecule has 1 aliphatic rings. The zero-order valence-electron chi connectivity index (χ0n) is 13.3. The van der Waals surface area contributed by atoms with Gasteiger partial charge in [0.2, 0.25) is 6.23 Å². The minimum absolute atomic E-state index is 0.0645. The highest BCUT2D eigenvalue weighted by atomic mass is 16.6. The van der Waals surface area contributed by atoms with Crippen LogP contribution in [-0.2, 0) is 4.74 Å². The predicted molar refractivity (Wildman–Crippen MR) is 86.1 cm³/mol. The molecule has 9 heteroatoms. The van der Waals surface area contributed by atoms with Crippen molar-refractivity contribution in [1.82, 2.24) is 0 Å². The molecule has 1 heterocycles. The quantitative estimate of drug-likeness (QED) is 0.367. The van der Waals surface area contributed by atoms with E-state index in [9.17, 15) is 20.0 Å². The number of non-ortho nitro benzene ring substituents is 1. The summed E-state index contributed by atoms with van der Waals surface area (Å²) in [5.41, 5.74) is 0.518. The van der Waals surface area contributed by atoms with Crippen molar-refractivity contribution < 1.29 is 29.0 Å². The number of anilines is 1. The molecule has 0 saturated heterocycles. The van der Waals surface area contributed by atoms with Gasteiger partial charge in [-0.2, -0.15) is 0 Å². The van der Waals surface area contributed by atoms with Gasteiger partial charge in [-0.3, -0.25) is 10.1 Å². The Hall–Kier alpha value is -3.49. The lowest BCUT2D eigenvalue weighted by Crippen LogP contribution is -2.10. The largest absolute Gasteiger partial charge is 0.506 e. The van der Waals surface area contributed by atoms with Crippen LogP contribution in [0.3, 0.4) is 0 Å². The van der Waals surface area contributed by atoms with E-state index < -0.39 is 17.1 Å². The summed E-state index contributed by atoms with van der Waals surface area (Å²) in [5, 5.41) is 23.6. The van der Waals surface area contributed by atoms with Gasteiger partial charge in [-0.15, -0.1) is 0 Å². The fourth-order valence-corrected chi connectivity index (χ4v) is 2.60. The van der Waals surface area contributed by atoms with Gasteiger partial charge in [0, 0.05) is 17.7 Å². The summed E-state index contributed by atoms with van der Waals surface area (Å²) in [4.78, 5) is 22.5. The van der Waals surface area contributed by atoms with E-state index in [0.717, 1.165) is 6.07 Å². The van der Waals surface area contributed by atoms with Gasteiger partial charge in [0.1, 0.15) is 11.3 Å². The maximum absolute atomic E-state index is 12.2. The van der Waals surface area contributed by atoms with Gasteiger partial charge in [-0.25, -0.2) is 4.79 Å². The van der Waals surface area contributed by atoms with Crippen molar-refractivity contribution in [3.8, 4) is 17.2 Å². The molecule has 0 aliphatic carbocycles. The number of hydrogen-bond donors (Lipinski definition) is 2. The molecule has 0 bridgehead atoms. The highest BCUT2D eigenvalue weighted by Gasteiger charge is 2.36. The van der Waals surface area contributed by atoms with E-state index in [4.69, 9.17) is 14.2 Å². The lowest BCUT2D eigenvalue weighted by molar-refractivity contribution is -0.384.